The van der Waals surface area contributed by atoms with E-state index in [0.29, 0.717) is 5.56 Å². The van der Waals surface area contributed by atoms with E-state index in [1.807, 2.05) is 19.2 Å². The summed E-state index contributed by atoms with van der Waals surface area (Å²) in [5.41, 5.74) is 7.29. The highest BCUT2D eigenvalue weighted by Gasteiger charge is 2.09. The molecule has 0 fully saturated rings. The predicted molar refractivity (Wildman–Crippen MR) is 55.5 cm³/mol. The largest absolute Gasteiger partial charge is 0.324 e. The van der Waals surface area contributed by atoms with Crippen LogP contribution in [0.15, 0.2) is 17.0 Å². The maximum absolute atomic E-state index is 13.2. The summed E-state index contributed by atoms with van der Waals surface area (Å²) in [5.74, 6) is -0.176. The summed E-state index contributed by atoms with van der Waals surface area (Å²) < 4.78 is 13.2. The van der Waals surface area contributed by atoms with E-state index in [4.69, 9.17) is 5.73 Å². The van der Waals surface area contributed by atoms with Gasteiger partial charge in [-0.3, -0.25) is 0 Å². The van der Waals surface area contributed by atoms with Crippen LogP contribution in [0.25, 0.3) is 0 Å². The van der Waals surface area contributed by atoms with Crippen LogP contribution in [0.2, 0.25) is 0 Å². The van der Waals surface area contributed by atoms with Gasteiger partial charge in [-0.1, -0.05) is 0 Å². The zero-order valence-electron chi connectivity index (χ0n) is 8.10. The monoisotopic (exact) mass is 199 g/mol. The van der Waals surface area contributed by atoms with Crippen molar-refractivity contribution < 1.29 is 4.39 Å². The molecule has 3 heteroatoms. The first-order chi connectivity index (χ1) is 6.06. The van der Waals surface area contributed by atoms with Crippen molar-refractivity contribution in [1.82, 2.24) is 0 Å². The Morgan fingerprint density at radius 2 is 2.08 bits per heavy atom. The van der Waals surface area contributed by atoms with Gasteiger partial charge in [0.25, 0.3) is 0 Å². The summed E-state index contributed by atoms with van der Waals surface area (Å²) in [5, 5.41) is 0. The van der Waals surface area contributed by atoms with Crippen LogP contribution in [0.1, 0.15) is 24.1 Å². The first kappa shape index (κ1) is 10.5. The molecule has 72 valence electrons. The van der Waals surface area contributed by atoms with E-state index < -0.39 is 0 Å². The standard InChI is InChI=1S/C10H14FNS/c1-6-4-10(13-3)8(7(2)12)5-9(6)11/h4-5,7H,12H2,1-3H3/t7-/m0/s1. The van der Waals surface area contributed by atoms with Gasteiger partial charge < -0.3 is 5.73 Å². The van der Waals surface area contributed by atoms with Gasteiger partial charge in [-0.15, -0.1) is 11.8 Å². The fourth-order valence-electron chi connectivity index (χ4n) is 1.20. The van der Waals surface area contributed by atoms with E-state index in [2.05, 4.69) is 0 Å². The number of hydrogen-bond donors (Lipinski definition) is 1. The van der Waals surface area contributed by atoms with Crippen molar-refractivity contribution in [1.29, 1.82) is 0 Å². The Bertz CT molecular complexity index is 310. The molecule has 0 radical (unpaired) electrons. The summed E-state index contributed by atoms with van der Waals surface area (Å²) in [6.07, 6.45) is 1.97. The molecule has 0 aliphatic carbocycles. The lowest BCUT2D eigenvalue weighted by Crippen LogP contribution is -2.07. The Hall–Kier alpha value is -0.540. The third kappa shape index (κ3) is 2.23. The Kier molecular flexibility index (Phi) is 3.33. The quantitative estimate of drug-likeness (QED) is 0.741. The minimum absolute atomic E-state index is 0.113. The molecule has 1 rings (SSSR count). The van der Waals surface area contributed by atoms with Crippen LogP contribution in [0.4, 0.5) is 4.39 Å². The van der Waals surface area contributed by atoms with E-state index >= 15 is 0 Å². The van der Waals surface area contributed by atoms with Gasteiger partial charge in [0.05, 0.1) is 0 Å². The Balaban J connectivity index is 3.25. The molecular formula is C10H14FNS. The van der Waals surface area contributed by atoms with E-state index in [-0.39, 0.29) is 11.9 Å². The maximum Gasteiger partial charge on any atom is 0.126 e. The minimum atomic E-state index is -0.176. The number of hydrogen-bond acceptors (Lipinski definition) is 2. The van der Waals surface area contributed by atoms with Gasteiger partial charge in [-0.05, 0) is 43.4 Å². The molecule has 0 saturated carbocycles. The number of thioether (sulfide) groups is 1. The topological polar surface area (TPSA) is 26.0 Å². The second kappa shape index (κ2) is 4.11. The minimum Gasteiger partial charge on any atom is -0.324 e. The Morgan fingerprint density at radius 3 is 2.54 bits per heavy atom. The summed E-state index contributed by atoms with van der Waals surface area (Å²) in [4.78, 5) is 1.06. The molecule has 0 bridgehead atoms. The van der Waals surface area contributed by atoms with Crippen molar-refractivity contribution in [3.05, 3.63) is 29.1 Å². The highest BCUT2D eigenvalue weighted by atomic mass is 32.2. The van der Waals surface area contributed by atoms with Gasteiger partial charge in [0.15, 0.2) is 0 Å². The van der Waals surface area contributed by atoms with Crippen molar-refractivity contribution in [2.75, 3.05) is 6.26 Å². The zero-order valence-corrected chi connectivity index (χ0v) is 8.91. The van der Waals surface area contributed by atoms with E-state index in [1.54, 1.807) is 18.7 Å². The van der Waals surface area contributed by atoms with Crippen molar-refractivity contribution >= 4 is 11.8 Å². The molecule has 0 aliphatic rings. The fraction of sp³-hybridized carbons (Fsp3) is 0.400. The lowest BCUT2D eigenvalue weighted by atomic mass is 10.1. The normalized spacial score (nSPS) is 13.0. The summed E-state index contributed by atoms with van der Waals surface area (Å²) >= 11 is 1.60. The maximum atomic E-state index is 13.2. The molecule has 0 amide bonds. The van der Waals surface area contributed by atoms with Crippen LogP contribution in [0, 0.1) is 12.7 Å². The first-order valence-electron chi connectivity index (χ1n) is 4.16. The van der Waals surface area contributed by atoms with Gasteiger partial charge in [0.1, 0.15) is 5.82 Å². The lowest BCUT2D eigenvalue weighted by Gasteiger charge is -2.12. The fourth-order valence-corrected chi connectivity index (χ4v) is 1.98. The molecule has 0 heterocycles. The van der Waals surface area contributed by atoms with Crippen LogP contribution >= 0.6 is 11.8 Å². The van der Waals surface area contributed by atoms with Crippen LogP contribution in [-0.4, -0.2) is 6.26 Å². The molecule has 0 spiro atoms. The Labute approximate surface area is 82.5 Å². The Morgan fingerprint density at radius 1 is 1.46 bits per heavy atom. The number of aryl methyl sites for hydroxylation is 1. The highest BCUT2D eigenvalue weighted by molar-refractivity contribution is 7.98. The number of halogens is 1. The third-order valence-electron chi connectivity index (χ3n) is 2.00. The van der Waals surface area contributed by atoms with Gasteiger partial charge in [-0.25, -0.2) is 4.39 Å². The molecule has 0 saturated heterocycles. The molecule has 0 unspecified atom stereocenters. The van der Waals surface area contributed by atoms with Crippen molar-refractivity contribution in [2.24, 2.45) is 5.73 Å². The lowest BCUT2D eigenvalue weighted by molar-refractivity contribution is 0.610. The molecule has 0 aliphatic heterocycles. The first-order valence-corrected chi connectivity index (χ1v) is 5.38. The summed E-state index contributed by atoms with van der Waals surface area (Å²) in [7, 11) is 0. The van der Waals surface area contributed by atoms with Gasteiger partial charge >= 0.3 is 0 Å². The molecule has 1 nitrogen and oxygen atoms in total. The van der Waals surface area contributed by atoms with Crippen molar-refractivity contribution in [3.63, 3.8) is 0 Å². The molecule has 1 aromatic carbocycles. The molecule has 1 atom stereocenters. The van der Waals surface area contributed by atoms with E-state index in [1.165, 1.54) is 6.07 Å². The highest BCUT2D eigenvalue weighted by Crippen LogP contribution is 2.27. The molecule has 2 N–H and O–H groups in total. The van der Waals surface area contributed by atoms with Crippen molar-refractivity contribution in [3.8, 4) is 0 Å². The van der Waals surface area contributed by atoms with Gasteiger partial charge in [0, 0.05) is 10.9 Å². The van der Waals surface area contributed by atoms with Crippen LogP contribution in [0.5, 0.6) is 0 Å². The number of rotatable bonds is 2. The van der Waals surface area contributed by atoms with Crippen LogP contribution in [0.3, 0.4) is 0 Å². The smallest absolute Gasteiger partial charge is 0.126 e. The predicted octanol–water partition coefficient (Wildman–Crippen LogP) is 2.88. The zero-order chi connectivity index (χ0) is 10.0. The summed E-state index contributed by atoms with van der Waals surface area (Å²) in [6, 6.07) is 3.27. The van der Waals surface area contributed by atoms with E-state index in [9.17, 15) is 4.39 Å². The van der Waals surface area contributed by atoms with Crippen LogP contribution in [-0.2, 0) is 0 Å². The van der Waals surface area contributed by atoms with Gasteiger partial charge in [0.2, 0.25) is 0 Å². The number of nitrogens with two attached hydrogens (primary N) is 1. The van der Waals surface area contributed by atoms with Crippen molar-refractivity contribution in [2.45, 2.75) is 24.8 Å². The second-order valence-electron chi connectivity index (χ2n) is 3.13. The van der Waals surface area contributed by atoms with Gasteiger partial charge in [-0.2, -0.15) is 0 Å². The van der Waals surface area contributed by atoms with E-state index in [0.717, 1.165) is 10.5 Å². The third-order valence-corrected chi connectivity index (χ3v) is 2.79. The molecule has 13 heavy (non-hydrogen) atoms. The molecule has 0 aromatic heterocycles. The molecular weight excluding hydrogens is 185 g/mol. The SMILES string of the molecule is CSc1cc(C)c(F)cc1[C@H](C)N. The average molecular weight is 199 g/mol. The molecule has 1 aromatic rings. The second-order valence-corrected chi connectivity index (χ2v) is 3.98. The summed E-state index contributed by atoms with van der Waals surface area (Å²) in [6.45, 7) is 3.63. The number of benzene rings is 1. The average Bonchev–Trinajstić information content (AvgIpc) is 2.08. The van der Waals surface area contributed by atoms with Crippen LogP contribution < -0.4 is 5.73 Å².